The van der Waals surface area contributed by atoms with Gasteiger partial charge in [-0.2, -0.15) is 4.98 Å². The molecule has 0 radical (unpaired) electrons. The fraction of sp³-hybridized carbons (Fsp3) is 0.562. The quantitative estimate of drug-likeness (QED) is 0.155. The third-order valence-electron chi connectivity index (χ3n) is 8.64. The van der Waals surface area contributed by atoms with E-state index in [4.69, 9.17) is 26.1 Å². The summed E-state index contributed by atoms with van der Waals surface area (Å²) in [6.45, 7) is 14.6. The molecule has 3 aromatic heterocycles. The molecule has 2 fully saturated rings. The molecular weight excluding hydrogens is 628 g/mol. The fourth-order valence-corrected chi connectivity index (χ4v) is 8.27. The molecule has 2 aliphatic rings. The van der Waals surface area contributed by atoms with E-state index in [2.05, 4.69) is 29.5 Å². The van der Waals surface area contributed by atoms with Gasteiger partial charge >= 0.3 is 6.09 Å². The number of hydrogen-bond donors (Lipinski definition) is 0. The Hall–Kier alpha value is -2.93. The van der Waals surface area contributed by atoms with Crippen LogP contribution in [-0.4, -0.2) is 75.6 Å². The number of carbonyl (C=O) groups excluding carboxylic acids is 1. The summed E-state index contributed by atoms with van der Waals surface area (Å²) in [6.07, 6.45) is 4.53. The molecule has 5 heterocycles. The molecule has 0 saturated carbocycles. The summed E-state index contributed by atoms with van der Waals surface area (Å²) in [5, 5.41) is 1.09. The average molecular weight is 671 g/mol. The number of benzene rings is 1. The molecule has 0 N–H and O–H groups in total. The minimum absolute atomic E-state index is 0.0274. The number of nitrogens with zero attached hydrogens (tertiary/aromatic N) is 6. The van der Waals surface area contributed by atoms with Crippen LogP contribution in [0.2, 0.25) is 30.7 Å². The zero-order valence-electron chi connectivity index (χ0n) is 27.2. The lowest BCUT2D eigenvalue weighted by molar-refractivity contribution is 0.0153. The van der Waals surface area contributed by atoms with Gasteiger partial charge in [0.25, 0.3) is 5.56 Å². The number of hydrogen-bond acceptors (Lipinski definition) is 8. The number of piperazine rings is 1. The van der Waals surface area contributed by atoms with Crippen molar-refractivity contribution in [1.29, 1.82) is 0 Å². The van der Waals surface area contributed by atoms with Gasteiger partial charge in [-0.25, -0.2) is 9.78 Å². The van der Waals surface area contributed by atoms with Crippen LogP contribution in [0.5, 0.6) is 0 Å². The third-order valence-corrected chi connectivity index (χ3v) is 11.7. The van der Waals surface area contributed by atoms with Crippen molar-refractivity contribution < 1.29 is 14.3 Å². The van der Waals surface area contributed by atoms with E-state index in [1.807, 2.05) is 48.6 Å². The third kappa shape index (κ3) is 6.39. The van der Waals surface area contributed by atoms with Crippen LogP contribution in [-0.2, 0) is 23.3 Å². The van der Waals surface area contributed by atoms with Gasteiger partial charge in [-0.3, -0.25) is 9.36 Å². The van der Waals surface area contributed by atoms with E-state index in [1.54, 1.807) is 17.1 Å². The fourth-order valence-electron chi connectivity index (χ4n) is 6.39. The first kappa shape index (κ1) is 32.0. The number of piperidine rings is 1. The number of halogens is 1. The first-order valence-corrected chi connectivity index (χ1v) is 20.6. The molecule has 4 aromatic rings. The number of aromatic nitrogens is 4. The van der Waals surface area contributed by atoms with Gasteiger partial charge in [0.2, 0.25) is 5.95 Å². The number of amides is 1. The topological polar surface area (TPSA) is 94.7 Å². The molecule has 10 nitrogen and oxygen atoms in total. The van der Waals surface area contributed by atoms with Crippen LogP contribution in [0.4, 0.5) is 10.7 Å². The minimum Gasteiger partial charge on any atom is -0.444 e. The van der Waals surface area contributed by atoms with Crippen LogP contribution in [0.15, 0.2) is 28.6 Å². The Morgan fingerprint density at radius 3 is 2.51 bits per heavy atom. The van der Waals surface area contributed by atoms with E-state index in [1.165, 1.54) is 11.3 Å². The second-order valence-corrected chi connectivity index (χ2v) is 21.3. The Kier molecular flexibility index (Phi) is 8.55. The summed E-state index contributed by atoms with van der Waals surface area (Å²) in [4.78, 5) is 41.1. The van der Waals surface area contributed by atoms with Gasteiger partial charge in [0, 0.05) is 64.2 Å². The summed E-state index contributed by atoms with van der Waals surface area (Å²) >= 11 is 8.43. The summed E-state index contributed by atoms with van der Waals surface area (Å²) in [6, 6.07) is 4.97. The van der Waals surface area contributed by atoms with Crippen LogP contribution < -0.4 is 10.5 Å². The normalized spacial score (nSPS) is 19.1. The Morgan fingerprint density at radius 1 is 1.13 bits per heavy atom. The van der Waals surface area contributed by atoms with Gasteiger partial charge in [0.05, 0.1) is 26.1 Å². The minimum atomic E-state index is -1.28. The van der Waals surface area contributed by atoms with Crippen LogP contribution in [0.25, 0.3) is 32.4 Å². The van der Waals surface area contributed by atoms with Gasteiger partial charge in [-0.05, 0) is 52.1 Å². The first-order valence-electron chi connectivity index (χ1n) is 15.7. The smallest absolute Gasteiger partial charge is 0.410 e. The molecule has 2 bridgehead atoms. The predicted octanol–water partition coefficient (Wildman–Crippen LogP) is 6.96. The standard InChI is InChI=1S/C32H43ClN6O4SSi/c1-32(2,3)43-31(41)37-15-20-9-8-10-21(16-37)39(20)30-35-28-25(29(40)36(30)4)23(17-38(28)19-42-13-14-45(5,6)7)22-11-12-24-27(26(22)33)44-18-34-24/h11-12,17-18,20-21H,8-10,13-16,19H2,1-7H3. The Balaban J connectivity index is 1.42. The summed E-state index contributed by atoms with van der Waals surface area (Å²) in [5.74, 6) is 0.614. The number of thiazole rings is 1. The molecule has 2 aliphatic heterocycles. The van der Waals surface area contributed by atoms with E-state index < -0.39 is 13.7 Å². The molecule has 1 aromatic carbocycles. The van der Waals surface area contributed by atoms with Gasteiger partial charge in [0.1, 0.15) is 12.3 Å². The van der Waals surface area contributed by atoms with Crippen molar-refractivity contribution >= 4 is 64.3 Å². The second-order valence-electron chi connectivity index (χ2n) is 14.5. The molecule has 0 spiro atoms. The zero-order chi connectivity index (χ0) is 32.3. The molecule has 2 atom stereocenters. The molecule has 6 rings (SSSR count). The van der Waals surface area contributed by atoms with Gasteiger partial charge in [0.15, 0.2) is 5.65 Å². The Bertz CT molecular complexity index is 1790. The van der Waals surface area contributed by atoms with Crippen molar-refractivity contribution in [3.63, 3.8) is 0 Å². The Morgan fingerprint density at radius 2 is 1.84 bits per heavy atom. The number of likely N-dealkylation sites (tertiary alicyclic amines) is 1. The SMILES string of the molecule is Cn1c(N2C3CCCC2CN(C(=O)OC(C)(C)C)C3)nc2c(c(-c3ccc4ncsc4c3Cl)cn2COCC[Si](C)(C)C)c1=O. The van der Waals surface area contributed by atoms with Gasteiger partial charge < -0.3 is 23.8 Å². The van der Waals surface area contributed by atoms with Gasteiger partial charge in [-0.1, -0.05) is 37.3 Å². The maximum Gasteiger partial charge on any atom is 0.410 e. The number of ether oxygens (including phenoxy) is 2. The molecule has 242 valence electrons. The second kappa shape index (κ2) is 12.0. The molecule has 1 amide bonds. The van der Waals surface area contributed by atoms with E-state index in [-0.39, 0.29) is 30.5 Å². The Labute approximate surface area is 273 Å². The number of anilines is 1. The summed E-state index contributed by atoms with van der Waals surface area (Å²) < 4.78 is 16.4. The lowest BCUT2D eigenvalue weighted by atomic mass is 9.91. The van der Waals surface area contributed by atoms with Crippen LogP contribution in [0, 0.1) is 0 Å². The molecule has 45 heavy (non-hydrogen) atoms. The van der Waals surface area contributed by atoms with Gasteiger partial charge in [-0.15, -0.1) is 11.3 Å². The highest BCUT2D eigenvalue weighted by molar-refractivity contribution is 7.17. The van der Waals surface area contributed by atoms with Crippen LogP contribution in [0.1, 0.15) is 40.0 Å². The summed E-state index contributed by atoms with van der Waals surface area (Å²) in [7, 11) is 0.511. The summed E-state index contributed by atoms with van der Waals surface area (Å²) in [5.41, 5.74) is 3.98. The van der Waals surface area contributed by atoms with Crippen molar-refractivity contribution in [2.75, 3.05) is 24.6 Å². The van der Waals surface area contributed by atoms with E-state index in [0.717, 1.165) is 46.7 Å². The maximum atomic E-state index is 14.3. The highest BCUT2D eigenvalue weighted by Crippen LogP contribution is 2.40. The highest BCUT2D eigenvalue weighted by atomic mass is 35.5. The van der Waals surface area contributed by atoms with E-state index in [9.17, 15) is 9.59 Å². The zero-order valence-corrected chi connectivity index (χ0v) is 29.8. The maximum absolute atomic E-state index is 14.3. The average Bonchev–Trinajstić information content (AvgIpc) is 3.57. The monoisotopic (exact) mass is 670 g/mol. The highest BCUT2D eigenvalue weighted by Gasteiger charge is 2.42. The lowest BCUT2D eigenvalue weighted by Gasteiger charge is -2.50. The largest absolute Gasteiger partial charge is 0.444 e. The first-order chi connectivity index (χ1) is 21.2. The van der Waals surface area contributed by atoms with Crippen LogP contribution in [0.3, 0.4) is 0 Å². The molecule has 2 saturated heterocycles. The number of fused-ring (bicyclic) bond motifs is 4. The molecule has 0 aliphatic carbocycles. The van der Waals surface area contributed by atoms with Crippen molar-refractivity contribution in [3.8, 4) is 11.1 Å². The molecular formula is C32H43ClN6O4SSi. The van der Waals surface area contributed by atoms with Crippen molar-refractivity contribution in [2.24, 2.45) is 7.05 Å². The number of rotatable bonds is 7. The number of carbonyl (C=O) groups is 1. The van der Waals surface area contributed by atoms with Crippen molar-refractivity contribution in [1.82, 2.24) is 24.0 Å². The predicted molar refractivity (Wildman–Crippen MR) is 184 cm³/mol. The van der Waals surface area contributed by atoms with E-state index in [0.29, 0.717) is 41.7 Å². The van der Waals surface area contributed by atoms with Crippen LogP contribution >= 0.6 is 22.9 Å². The lowest BCUT2D eigenvalue weighted by Crippen LogP contribution is -2.63. The van der Waals surface area contributed by atoms with E-state index >= 15 is 0 Å². The molecule has 2 unspecified atom stereocenters. The van der Waals surface area contributed by atoms with Crippen molar-refractivity contribution in [3.05, 3.63) is 39.2 Å². The van der Waals surface area contributed by atoms with Crippen molar-refractivity contribution in [2.45, 2.75) is 90.1 Å². The molecule has 13 heteroatoms.